The molecule has 0 saturated heterocycles. The molecule has 0 heterocycles. The van der Waals surface area contributed by atoms with Gasteiger partial charge in [0.2, 0.25) is 0 Å². The molecule has 0 saturated carbocycles. The average molecular weight is 627 g/mol. The van der Waals surface area contributed by atoms with Crippen LogP contribution in [0.15, 0.2) is 59.5 Å². The summed E-state index contributed by atoms with van der Waals surface area (Å²) in [6.07, 6.45) is -3.61. The molecule has 0 atom stereocenters. The van der Waals surface area contributed by atoms with E-state index in [0.29, 0.717) is 60.9 Å². The van der Waals surface area contributed by atoms with Gasteiger partial charge in [-0.15, -0.1) is 11.8 Å². The van der Waals surface area contributed by atoms with Crippen molar-refractivity contribution in [2.24, 2.45) is 17.2 Å². The smallest absolute Gasteiger partial charge is 0.417 e. The molecule has 0 bridgehead atoms. The summed E-state index contributed by atoms with van der Waals surface area (Å²) < 4.78 is 75.2. The molecular formula is C29H35F5N6O2S. The number of aryl methyl sites for hydroxylation is 1. The van der Waals surface area contributed by atoms with Gasteiger partial charge >= 0.3 is 12.2 Å². The number of nitrogens with one attached hydrogen (secondary N) is 3. The highest BCUT2D eigenvalue weighted by atomic mass is 32.2. The molecule has 3 rings (SSSR count). The molecule has 3 aromatic rings. The van der Waals surface area contributed by atoms with Crippen molar-refractivity contribution < 1.29 is 31.5 Å². The van der Waals surface area contributed by atoms with Crippen LogP contribution in [-0.2, 0) is 18.5 Å². The van der Waals surface area contributed by atoms with Crippen LogP contribution in [0.2, 0.25) is 0 Å². The van der Waals surface area contributed by atoms with Crippen LogP contribution in [0.4, 0.5) is 43.8 Å². The molecular weight excluding hydrogens is 591 g/mol. The predicted molar refractivity (Wildman–Crippen MR) is 161 cm³/mol. The first-order valence-electron chi connectivity index (χ1n) is 13.4. The lowest BCUT2D eigenvalue weighted by molar-refractivity contribution is -0.139. The van der Waals surface area contributed by atoms with E-state index in [1.165, 1.54) is 30.3 Å². The highest BCUT2D eigenvalue weighted by Gasteiger charge is 2.34. The van der Waals surface area contributed by atoms with Crippen molar-refractivity contribution in [3.8, 4) is 11.5 Å². The summed E-state index contributed by atoms with van der Waals surface area (Å²) in [4.78, 5) is 12.7. The molecule has 0 radical (unpaired) electrons. The van der Waals surface area contributed by atoms with E-state index < -0.39 is 23.7 Å². The van der Waals surface area contributed by atoms with E-state index in [1.54, 1.807) is 18.2 Å². The van der Waals surface area contributed by atoms with Crippen LogP contribution in [0.25, 0.3) is 0 Å². The molecule has 0 spiro atoms. The molecule has 0 aliphatic carbocycles. The van der Waals surface area contributed by atoms with Crippen LogP contribution in [0.5, 0.6) is 11.5 Å². The minimum atomic E-state index is -4.62. The Hall–Kier alpha value is -3.59. The van der Waals surface area contributed by atoms with Crippen molar-refractivity contribution in [2.75, 3.05) is 47.9 Å². The fourth-order valence-electron chi connectivity index (χ4n) is 4.02. The molecule has 0 aliphatic rings. The second-order valence-electron chi connectivity index (χ2n) is 9.59. The summed E-state index contributed by atoms with van der Waals surface area (Å²) >= 11 is 0.980. The van der Waals surface area contributed by atoms with Gasteiger partial charge in [0.25, 0.3) is 5.92 Å². The maximum absolute atomic E-state index is 14.2. The third-order valence-electron chi connectivity index (χ3n) is 6.00. The number of rotatable bonds is 14. The predicted octanol–water partition coefficient (Wildman–Crippen LogP) is 6.57. The summed E-state index contributed by atoms with van der Waals surface area (Å²) in [5.41, 5.74) is 16.9. The molecule has 8 nitrogen and oxygen atoms in total. The Kier molecular flexibility index (Phi) is 12.0. The van der Waals surface area contributed by atoms with Crippen LogP contribution in [-0.4, -0.2) is 38.0 Å². The SMILES string of the molecule is CC(F)(F)c1cc(NCCN)cc(Oc2ccc(NC(=O)Nc3ccc(SCCN)c(C(F)(F)F)c3)cc2CCCN)c1. The molecule has 234 valence electrons. The summed E-state index contributed by atoms with van der Waals surface area (Å²) in [6, 6.07) is 11.6. The number of carbonyl (C=O) groups is 1. The maximum Gasteiger partial charge on any atom is 0.417 e. The van der Waals surface area contributed by atoms with E-state index in [1.807, 2.05) is 0 Å². The lowest BCUT2D eigenvalue weighted by Gasteiger charge is -2.18. The Bertz CT molecular complexity index is 1380. The van der Waals surface area contributed by atoms with Gasteiger partial charge in [0.1, 0.15) is 11.5 Å². The number of hydrogen-bond acceptors (Lipinski definition) is 7. The summed E-state index contributed by atoms with van der Waals surface area (Å²) in [6.45, 7) is 2.04. The molecule has 9 N–H and O–H groups in total. The molecule has 0 unspecified atom stereocenters. The van der Waals surface area contributed by atoms with Gasteiger partial charge in [-0.2, -0.15) is 13.2 Å². The molecule has 2 amide bonds. The Labute approximate surface area is 250 Å². The number of alkyl halides is 5. The monoisotopic (exact) mass is 626 g/mol. The number of urea groups is 1. The van der Waals surface area contributed by atoms with Crippen molar-refractivity contribution in [3.63, 3.8) is 0 Å². The third kappa shape index (κ3) is 10.3. The zero-order valence-corrected chi connectivity index (χ0v) is 24.3. The molecule has 14 heteroatoms. The van der Waals surface area contributed by atoms with Crippen LogP contribution < -0.4 is 37.9 Å². The number of carbonyl (C=O) groups excluding carboxylic acids is 1. The Morgan fingerprint density at radius 3 is 2.19 bits per heavy atom. The minimum absolute atomic E-state index is 0.0134. The first-order chi connectivity index (χ1) is 20.3. The third-order valence-corrected chi connectivity index (χ3v) is 7.11. The number of benzene rings is 3. The van der Waals surface area contributed by atoms with E-state index in [-0.39, 0.29) is 28.4 Å². The highest BCUT2D eigenvalue weighted by Crippen LogP contribution is 2.39. The van der Waals surface area contributed by atoms with Crippen molar-refractivity contribution in [2.45, 2.75) is 36.8 Å². The molecule has 3 aromatic carbocycles. The number of anilines is 3. The van der Waals surface area contributed by atoms with Gasteiger partial charge in [-0.05, 0) is 73.5 Å². The number of hydrogen-bond donors (Lipinski definition) is 6. The topological polar surface area (TPSA) is 140 Å². The van der Waals surface area contributed by atoms with E-state index in [0.717, 1.165) is 24.8 Å². The van der Waals surface area contributed by atoms with Gasteiger partial charge in [0.05, 0.1) is 5.56 Å². The van der Waals surface area contributed by atoms with Crippen LogP contribution in [0, 0.1) is 0 Å². The number of thioether (sulfide) groups is 1. The first-order valence-corrected chi connectivity index (χ1v) is 14.4. The van der Waals surface area contributed by atoms with Crippen molar-refractivity contribution in [1.82, 2.24) is 0 Å². The Morgan fingerprint density at radius 2 is 1.56 bits per heavy atom. The summed E-state index contributed by atoms with van der Waals surface area (Å²) in [5.74, 6) is -2.28. The number of nitrogens with two attached hydrogens (primary N) is 3. The largest absolute Gasteiger partial charge is 0.457 e. The standard InChI is InChI=1S/C29H35F5N6O2S/c1-28(30,31)19-14-22(38-11-9-36)16-23(15-19)42-25-6-4-20(13-18(25)3-2-8-35)39-27(41)40-21-5-7-26(43-12-10-37)24(17-21)29(32,33)34/h4-7,13-17,38H,2-3,8-12,35-37H2,1H3,(H2,39,40,41). The van der Waals surface area contributed by atoms with Gasteiger partial charge in [0.15, 0.2) is 0 Å². The van der Waals surface area contributed by atoms with Gasteiger partial charge in [-0.25, -0.2) is 13.6 Å². The highest BCUT2D eigenvalue weighted by molar-refractivity contribution is 7.99. The zero-order valence-electron chi connectivity index (χ0n) is 23.5. The van der Waals surface area contributed by atoms with Crippen LogP contribution in [0.1, 0.15) is 30.0 Å². The molecule has 43 heavy (non-hydrogen) atoms. The van der Waals surface area contributed by atoms with Gasteiger partial charge in [-0.3, -0.25) is 0 Å². The number of amides is 2. The number of ether oxygens (including phenoxy) is 1. The van der Waals surface area contributed by atoms with Crippen LogP contribution >= 0.6 is 11.8 Å². The Morgan fingerprint density at radius 1 is 0.860 bits per heavy atom. The second-order valence-corrected chi connectivity index (χ2v) is 10.7. The van der Waals surface area contributed by atoms with Crippen molar-refractivity contribution >= 4 is 34.9 Å². The second kappa shape index (κ2) is 15.2. The first kappa shape index (κ1) is 33.9. The normalized spacial score (nSPS) is 11.7. The van der Waals surface area contributed by atoms with Gasteiger partial charge in [0, 0.05) is 65.9 Å². The van der Waals surface area contributed by atoms with Crippen molar-refractivity contribution in [1.29, 1.82) is 0 Å². The maximum atomic E-state index is 14.2. The minimum Gasteiger partial charge on any atom is -0.457 e. The lowest BCUT2D eigenvalue weighted by atomic mass is 10.1. The van der Waals surface area contributed by atoms with Gasteiger partial charge in [-0.1, -0.05) is 0 Å². The summed E-state index contributed by atoms with van der Waals surface area (Å²) in [5, 5.41) is 8.01. The average Bonchev–Trinajstić information content (AvgIpc) is 2.94. The quantitative estimate of drug-likeness (QED) is 0.0879. The van der Waals surface area contributed by atoms with Gasteiger partial charge < -0.3 is 37.9 Å². The molecule has 0 fully saturated rings. The summed E-state index contributed by atoms with van der Waals surface area (Å²) in [7, 11) is 0. The van der Waals surface area contributed by atoms with Crippen LogP contribution in [0.3, 0.4) is 0 Å². The van der Waals surface area contributed by atoms with E-state index >= 15 is 0 Å². The van der Waals surface area contributed by atoms with Crippen molar-refractivity contribution in [3.05, 3.63) is 71.3 Å². The lowest BCUT2D eigenvalue weighted by Crippen LogP contribution is -2.20. The van der Waals surface area contributed by atoms with E-state index in [9.17, 15) is 26.7 Å². The fourth-order valence-corrected chi connectivity index (χ4v) is 4.85. The zero-order chi connectivity index (χ0) is 31.6. The Balaban J connectivity index is 1.82. The van der Waals surface area contributed by atoms with E-state index in [2.05, 4.69) is 16.0 Å². The molecule has 0 aromatic heterocycles. The fraction of sp³-hybridized carbons (Fsp3) is 0.345. The molecule has 0 aliphatic heterocycles. The number of halogens is 5. The van der Waals surface area contributed by atoms with E-state index in [4.69, 9.17) is 21.9 Å².